The van der Waals surface area contributed by atoms with Crippen LogP contribution in [-0.2, 0) is 4.79 Å². The lowest BCUT2D eigenvalue weighted by atomic mass is 10.2. The first kappa shape index (κ1) is 13.4. The Bertz CT molecular complexity index is 365. The number of rotatable bonds is 7. The van der Waals surface area contributed by atoms with Crippen molar-refractivity contribution in [3.05, 3.63) is 24.3 Å². The molecule has 0 aliphatic rings. The molecule has 1 aromatic rings. The van der Waals surface area contributed by atoms with Crippen molar-refractivity contribution in [2.45, 2.75) is 19.8 Å². The van der Waals surface area contributed by atoms with Gasteiger partial charge in [0.15, 0.2) is 0 Å². The molecule has 0 radical (unpaired) electrons. The highest BCUT2D eigenvalue weighted by molar-refractivity contribution is 5.66. The number of nitrogens with zero attached hydrogens (tertiary/aromatic N) is 1. The average molecular weight is 237 g/mol. The van der Waals surface area contributed by atoms with E-state index in [1.165, 1.54) is 0 Å². The second-order valence-corrected chi connectivity index (χ2v) is 3.78. The van der Waals surface area contributed by atoms with Crippen molar-refractivity contribution in [2.24, 2.45) is 0 Å². The van der Waals surface area contributed by atoms with Gasteiger partial charge in [0.05, 0.1) is 7.11 Å². The lowest BCUT2D eigenvalue weighted by Gasteiger charge is -2.23. The van der Waals surface area contributed by atoms with E-state index in [0.29, 0.717) is 6.42 Å². The van der Waals surface area contributed by atoms with Crippen molar-refractivity contribution in [3.8, 4) is 5.75 Å². The van der Waals surface area contributed by atoms with E-state index < -0.39 is 5.97 Å². The number of hydrogen-bond acceptors (Lipinski definition) is 3. The summed E-state index contributed by atoms with van der Waals surface area (Å²) in [6.45, 7) is 3.66. The van der Waals surface area contributed by atoms with Crippen molar-refractivity contribution >= 4 is 11.7 Å². The molecule has 0 saturated heterocycles. The number of hydrogen-bond donors (Lipinski definition) is 1. The molecule has 0 aromatic heterocycles. The minimum absolute atomic E-state index is 0.209. The van der Waals surface area contributed by atoms with E-state index >= 15 is 0 Å². The van der Waals surface area contributed by atoms with Gasteiger partial charge < -0.3 is 14.7 Å². The van der Waals surface area contributed by atoms with Crippen LogP contribution in [0.1, 0.15) is 19.8 Å². The zero-order chi connectivity index (χ0) is 12.7. The molecule has 0 atom stereocenters. The Morgan fingerprint density at radius 2 is 2.24 bits per heavy atom. The van der Waals surface area contributed by atoms with E-state index in [4.69, 9.17) is 9.84 Å². The van der Waals surface area contributed by atoms with Gasteiger partial charge in [-0.3, -0.25) is 4.79 Å². The van der Waals surface area contributed by atoms with Gasteiger partial charge in [0.2, 0.25) is 0 Å². The molecule has 0 aliphatic carbocycles. The summed E-state index contributed by atoms with van der Waals surface area (Å²) in [5.74, 6) is 0.0749. The maximum absolute atomic E-state index is 10.5. The molecule has 0 unspecified atom stereocenters. The molecule has 0 fully saturated rings. The summed E-state index contributed by atoms with van der Waals surface area (Å²) in [7, 11) is 1.64. The van der Waals surface area contributed by atoms with Crippen LogP contribution in [0.5, 0.6) is 5.75 Å². The summed E-state index contributed by atoms with van der Waals surface area (Å²) >= 11 is 0. The fourth-order valence-electron chi connectivity index (χ4n) is 1.70. The zero-order valence-electron chi connectivity index (χ0n) is 10.3. The number of anilines is 1. The molecule has 4 nitrogen and oxygen atoms in total. The SMILES string of the molecule is CCN(CCCC(=O)O)c1cccc(OC)c1. The number of methoxy groups -OCH3 is 1. The van der Waals surface area contributed by atoms with Gasteiger partial charge in [-0.15, -0.1) is 0 Å². The number of carboxylic acids is 1. The molecule has 1 aromatic carbocycles. The molecular formula is C13H19NO3. The van der Waals surface area contributed by atoms with E-state index in [0.717, 1.165) is 24.5 Å². The molecule has 0 bridgehead atoms. The summed E-state index contributed by atoms with van der Waals surface area (Å²) in [5.41, 5.74) is 1.07. The van der Waals surface area contributed by atoms with Gasteiger partial charge in [-0.05, 0) is 25.5 Å². The summed E-state index contributed by atoms with van der Waals surface area (Å²) in [6, 6.07) is 7.81. The van der Waals surface area contributed by atoms with Crippen LogP contribution in [0.15, 0.2) is 24.3 Å². The average Bonchev–Trinajstić information content (AvgIpc) is 2.34. The quantitative estimate of drug-likeness (QED) is 0.791. The third-order valence-corrected chi connectivity index (χ3v) is 2.62. The highest BCUT2D eigenvalue weighted by Crippen LogP contribution is 2.21. The van der Waals surface area contributed by atoms with Crippen LogP contribution < -0.4 is 9.64 Å². The topological polar surface area (TPSA) is 49.8 Å². The second-order valence-electron chi connectivity index (χ2n) is 3.78. The van der Waals surface area contributed by atoms with E-state index in [1.807, 2.05) is 24.3 Å². The largest absolute Gasteiger partial charge is 0.497 e. The number of carbonyl (C=O) groups is 1. The minimum Gasteiger partial charge on any atom is -0.497 e. The van der Waals surface area contributed by atoms with Crippen molar-refractivity contribution in [3.63, 3.8) is 0 Å². The molecule has 0 saturated carbocycles. The Hall–Kier alpha value is -1.71. The van der Waals surface area contributed by atoms with Crippen molar-refractivity contribution < 1.29 is 14.6 Å². The van der Waals surface area contributed by atoms with Crippen LogP contribution in [0.2, 0.25) is 0 Å². The lowest BCUT2D eigenvalue weighted by molar-refractivity contribution is -0.137. The predicted molar refractivity (Wildman–Crippen MR) is 67.8 cm³/mol. The molecule has 1 rings (SSSR count). The number of ether oxygens (including phenoxy) is 1. The van der Waals surface area contributed by atoms with Crippen molar-refractivity contribution in [2.75, 3.05) is 25.1 Å². The van der Waals surface area contributed by atoms with Gasteiger partial charge in [0, 0.05) is 31.3 Å². The van der Waals surface area contributed by atoms with Crippen molar-refractivity contribution in [1.29, 1.82) is 0 Å². The molecule has 1 N–H and O–H groups in total. The Labute approximate surface area is 102 Å². The number of carboxylic acid groups (broad SMARTS) is 1. The third kappa shape index (κ3) is 4.34. The van der Waals surface area contributed by atoms with E-state index in [-0.39, 0.29) is 6.42 Å². The highest BCUT2D eigenvalue weighted by atomic mass is 16.5. The first-order valence-corrected chi connectivity index (χ1v) is 5.78. The van der Waals surface area contributed by atoms with Gasteiger partial charge in [-0.1, -0.05) is 6.07 Å². The summed E-state index contributed by atoms with van der Waals surface area (Å²) in [5, 5.41) is 8.61. The van der Waals surface area contributed by atoms with E-state index in [2.05, 4.69) is 11.8 Å². The van der Waals surface area contributed by atoms with Crippen LogP contribution in [0.4, 0.5) is 5.69 Å². The Balaban J connectivity index is 2.62. The van der Waals surface area contributed by atoms with Gasteiger partial charge in [-0.25, -0.2) is 0 Å². The van der Waals surface area contributed by atoms with E-state index in [1.54, 1.807) is 7.11 Å². The van der Waals surface area contributed by atoms with Crippen LogP contribution >= 0.6 is 0 Å². The lowest BCUT2D eigenvalue weighted by Crippen LogP contribution is -2.24. The highest BCUT2D eigenvalue weighted by Gasteiger charge is 2.06. The van der Waals surface area contributed by atoms with Crippen LogP contribution in [0, 0.1) is 0 Å². The zero-order valence-corrected chi connectivity index (χ0v) is 10.3. The first-order valence-electron chi connectivity index (χ1n) is 5.78. The monoisotopic (exact) mass is 237 g/mol. The Morgan fingerprint density at radius 1 is 1.47 bits per heavy atom. The summed E-state index contributed by atoms with van der Waals surface area (Å²) < 4.78 is 5.17. The van der Waals surface area contributed by atoms with Gasteiger partial charge >= 0.3 is 5.97 Å². The maximum Gasteiger partial charge on any atom is 0.303 e. The first-order chi connectivity index (χ1) is 8.17. The third-order valence-electron chi connectivity index (χ3n) is 2.62. The smallest absolute Gasteiger partial charge is 0.303 e. The molecule has 0 aliphatic heterocycles. The normalized spacial score (nSPS) is 10.0. The fourth-order valence-corrected chi connectivity index (χ4v) is 1.70. The predicted octanol–water partition coefficient (Wildman–Crippen LogP) is 2.39. The molecule has 0 heterocycles. The standard InChI is InChI=1S/C13H19NO3/c1-3-14(9-5-8-13(15)16)11-6-4-7-12(10-11)17-2/h4,6-7,10H,3,5,8-9H2,1-2H3,(H,15,16). The number of benzene rings is 1. The van der Waals surface area contributed by atoms with Crippen LogP contribution in [-0.4, -0.2) is 31.3 Å². The Kier molecular flexibility index (Phi) is 5.33. The fraction of sp³-hybridized carbons (Fsp3) is 0.462. The van der Waals surface area contributed by atoms with E-state index in [9.17, 15) is 4.79 Å². The molecule has 17 heavy (non-hydrogen) atoms. The molecule has 0 amide bonds. The molecule has 94 valence electrons. The number of aliphatic carboxylic acids is 1. The summed E-state index contributed by atoms with van der Waals surface area (Å²) in [6.07, 6.45) is 0.862. The van der Waals surface area contributed by atoms with Gasteiger partial charge in [-0.2, -0.15) is 0 Å². The van der Waals surface area contributed by atoms with Crippen LogP contribution in [0.3, 0.4) is 0 Å². The molecule has 0 spiro atoms. The van der Waals surface area contributed by atoms with Crippen LogP contribution in [0.25, 0.3) is 0 Å². The maximum atomic E-state index is 10.5. The molecule has 4 heteroatoms. The molecular weight excluding hydrogens is 218 g/mol. The van der Waals surface area contributed by atoms with Gasteiger partial charge in [0.1, 0.15) is 5.75 Å². The summed E-state index contributed by atoms with van der Waals surface area (Å²) in [4.78, 5) is 12.6. The minimum atomic E-state index is -0.744. The van der Waals surface area contributed by atoms with Crippen molar-refractivity contribution in [1.82, 2.24) is 0 Å². The second kappa shape index (κ2) is 6.78. The Morgan fingerprint density at radius 3 is 2.82 bits per heavy atom. The van der Waals surface area contributed by atoms with Gasteiger partial charge in [0.25, 0.3) is 0 Å².